The smallest absolute Gasteiger partial charge is 0.251 e. The van der Waals surface area contributed by atoms with Gasteiger partial charge in [0, 0.05) is 56.8 Å². The Morgan fingerprint density at radius 1 is 1.03 bits per heavy atom. The standard InChI is InChI=1S/C28H32N6O4/c35-27-6-2-12-34(27)23-9-7-20(8-10-23)15-32-17-25-26(18-32)38-19-22-16-33(31-30-22)11-3-13-37-24-5-1-4-21(14-24)28(36)29-25/h1,4-5,7-10,14,16,25-26H,2-3,6,11-13,15,17-19H2,(H,29,36)/t25-,26-/m0/s1. The molecule has 2 amide bonds. The van der Waals surface area contributed by atoms with Crippen molar-refractivity contribution in [3.63, 3.8) is 0 Å². The molecule has 0 aliphatic carbocycles. The molecule has 3 aromatic rings. The Bertz CT molecular complexity index is 1290. The number of nitrogens with zero attached hydrogens (tertiary/aromatic N) is 5. The van der Waals surface area contributed by atoms with Crippen molar-refractivity contribution >= 4 is 17.5 Å². The molecule has 0 saturated carbocycles. The van der Waals surface area contributed by atoms with Crippen LogP contribution in [-0.4, -0.2) is 70.1 Å². The summed E-state index contributed by atoms with van der Waals surface area (Å²) in [5.41, 5.74) is 3.43. The van der Waals surface area contributed by atoms with Gasteiger partial charge in [0.1, 0.15) is 11.4 Å². The normalized spacial score (nSPS) is 22.7. The van der Waals surface area contributed by atoms with E-state index in [2.05, 4.69) is 32.7 Å². The molecule has 1 N–H and O–H groups in total. The average Bonchev–Trinajstić information content (AvgIpc) is 3.66. The molecule has 0 spiro atoms. The van der Waals surface area contributed by atoms with E-state index in [4.69, 9.17) is 9.47 Å². The van der Waals surface area contributed by atoms with Gasteiger partial charge in [-0.05, 0) is 42.3 Å². The minimum Gasteiger partial charge on any atom is -0.494 e. The van der Waals surface area contributed by atoms with Gasteiger partial charge in [-0.3, -0.25) is 19.2 Å². The predicted molar refractivity (Wildman–Crippen MR) is 140 cm³/mol. The largest absolute Gasteiger partial charge is 0.494 e. The molecule has 2 saturated heterocycles. The van der Waals surface area contributed by atoms with E-state index < -0.39 is 0 Å². The molecule has 3 aliphatic rings. The first-order valence-corrected chi connectivity index (χ1v) is 13.3. The number of hydrogen-bond donors (Lipinski definition) is 1. The lowest BCUT2D eigenvalue weighted by Crippen LogP contribution is -2.44. The lowest BCUT2D eigenvalue weighted by Gasteiger charge is -2.20. The second kappa shape index (κ2) is 10.9. The highest BCUT2D eigenvalue weighted by Crippen LogP contribution is 2.24. The lowest BCUT2D eigenvalue weighted by atomic mass is 10.1. The Morgan fingerprint density at radius 3 is 2.76 bits per heavy atom. The van der Waals surface area contributed by atoms with Gasteiger partial charge in [0.15, 0.2) is 0 Å². The molecule has 38 heavy (non-hydrogen) atoms. The van der Waals surface area contributed by atoms with E-state index in [0.29, 0.717) is 50.6 Å². The number of amides is 2. The summed E-state index contributed by atoms with van der Waals surface area (Å²) < 4.78 is 14.0. The highest BCUT2D eigenvalue weighted by Gasteiger charge is 2.35. The van der Waals surface area contributed by atoms with Crippen LogP contribution in [0.3, 0.4) is 0 Å². The first-order chi connectivity index (χ1) is 18.6. The molecule has 10 nitrogen and oxygen atoms in total. The van der Waals surface area contributed by atoms with Gasteiger partial charge in [0.25, 0.3) is 5.91 Å². The molecule has 6 rings (SSSR count). The Kier molecular flexibility index (Phi) is 7.06. The Hall–Kier alpha value is -3.76. The maximum Gasteiger partial charge on any atom is 0.251 e. The van der Waals surface area contributed by atoms with Crippen molar-refractivity contribution in [2.45, 2.75) is 51.1 Å². The summed E-state index contributed by atoms with van der Waals surface area (Å²) in [5.74, 6) is 0.715. The molecule has 3 aliphatic heterocycles. The number of aryl methyl sites for hydroxylation is 1. The van der Waals surface area contributed by atoms with Crippen molar-refractivity contribution in [2.75, 3.05) is 31.1 Å². The molecule has 2 fully saturated rings. The number of rotatable bonds is 3. The van der Waals surface area contributed by atoms with E-state index in [-0.39, 0.29) is 24.0 Å². The number of fused-ring (bicyclic) bond motifs is 5. The van der Waals surface area contributed by atoms with Crippen LogP contribution in [0.25, 0.3) is 0 Å². The second-order valence-corrected chi connectivity index (χ2v) is 10.1. The molecule has 0 radical (unpaired) electrons. The van der Waals surface area contributed by atoms with Crippen molar-refractivity contribution in [3.8, 4) is 5.75 Å². The highest BCUT2D eigenvalue weighted by atomic mass is 16.5. The number of carbonyl (C=O) groups is 2. The summed E-state index contributed by atoms with van der Waals surface area (Å²) in [4.78, 5) is 29.4. The molecule has 4 heterocycles. The van der Waals surface area contributed by atoms with Crippen molar-refractivity contribution < 1.29 is 19.1 Å². The van der Waals surface area contributed by atoms with E-state index >= 15 is 0 Å². The number of benzene rings is 2. The van der Waals surface area contributed by atoms with E-state index in [1.165, 1.54) is 0 Å². The molecule has 1 aromatic heterocycles. The second-order valence-electron chi connectivity index (χ2n) is 10.1. The summed E-state index contributed by atoms with van der Waals surface area (Å²) in [6.07, 6.45) is 4.01. The molecular weight excluding hydrogens is 484 g/mol. The minimum atomic E-state index is -0.196. The summed E-state index contributed by atoms with van der Waals surface area (Å²) in [7, 11) is 0. The van der Waals surface area contributed by atoms with Crippen LogP contribution in [0.5, 0.6) is 5.75 Å². The number of carbonyl (C=O) groups excluding carboxylic acids is 2. The van der Waals surface area contributed by atoms with Crippen molar-refractivity contribution in [1.29, 1.82) is 0 Å². The molecule has 10 heteroatoms. The molecule has 2 aromatic carbocycles. The molecule has 4 bridgehead atoms. The van der Waals surface area contributed by atoms with Crippen LogP contribution in [0.2, 0.25) is 0 Å². The fourth-order valence-corrected chi connectivity index (χ4v) is 5.35. The van der Waals surface area contributed by atoms with Gasteiger partial charge in [-0.1, -0.05) is 23.4 Å². The maximum atomic E-state index is 13.2. The van der Waals surface area contributed by atoms with E-state index in [9.17, 15) is 9.59 Å². The van der Waals surface area contributed by atoms with Crippen LogP contribution >= 0.6 is 0 Å². The van der Waals surface area contributed by atoms with Crippen LogP contribution in [0.15, 0.2) is 54.7 Å². The van der Waals surface area contributed by atoms with E-state index in [0.717, 1.165) is 42.9 Å². The Balaban J connectivity index is 1.17. The monoisotopic (exact) mass is 516 g/mol. The zero-order valence-electron chi connectivity index (χ0n) is 21.3. The zero-order valence-corrected chi connectivity index (χ0v) is 21.3. The number of likely N-dealkylation sites (tertiary alicyclic amines) is 1. The number of aromatic nitrogens is 3. The van der Waals surface area contributed by atoms with Crippen LogP contribution < -0.4 is 15.0 Å². The molecular formula is C28H32N6O4. The van der Waals surface area contributed by atoms with Gasteiger partial charge in [0.05, 0.1) is 31.6 Å². The summed E-state index contributed by atoms with van der Waals surface area (Å²) in [5, 5.41) is 11.6. The fraction of sp³-hybridized carbons (Fsp3) is 0.429. The summed E-state index contributed by atoms with van der Waals surface area (Å²) in [6.45, 7) is 4.38. The first kappa shape index (κ1) is 24.6. The van der Waals surface area contributed by atoms with Crippen LogP contribution in [0, 0.1) is 0 Å². The van der Waals surface area contributed by atoms with Crippen molar-refractivity contribution in [1.82, 2.24) is 25.2 Å². The minimum absolute atomic E-state index is 0.145. The topological polar surface area (TPSA) is 102 Å². The molecule has 198 valence electrons. The molecule has 0 unspecified atom stereocenters. The summed E-state index contributed by atoms with van der Waals surface area (Å²) in [6, 6.07) is 15.3. The number of ether oxygens (including phenoxy) is 2. The molecule has 2 atom stereocenters. The third-order valence-electron chi connectivity index (χ3n) is 7.31. The maximum absolute atomic E-state index is 13.2. The van der Waals surface area contributed by atoms with Gasteiger partial charge in [0.2, 0.25) is 5.91 Å². The number of anilines is 1. The fourth-order valence-electron chi connectivity index (χ4n) is 5.35. The Labute approximate surface area is 221 Å². The van der Waals surface area contributed by atoms with Crippen molar-refractivity contribution in [3.05, 3.63) is 71.5 Å². The van der Waals surface area contributed by atoms with E-state index in [1.54, 1.807) is 12.1 Å². The summed E-state index contributed by atoms with van der Waals surface area (Å²) >= 11 is 0. The van der Waals surface area contributed by atoms with Crippen LogP contribution in [0.4, 0.5) is 5.69 Å². The highest BCUT2D eigenvalue weighted by molar-refractivity contribution is 5.95. The predicted octanol–water partition coefficient (Wildman–Crippen LogP) is 2.39. The van der Waals surface area contributed by atoms with Gasteiger partial charge < -0.3 is 19.7 Å². The van der Waals surface area contributed by atoms with Gasteiger partial charge in [-0.2, -0.15) is 0 Å². The van der Waals surface area contributed by atoms with Gasteiger partial charge in [-0.25, -0.2) is 0 Å². The number of hydrogen-bond acceptors (Lipinski definition) is 7. The van der Waals surface area contributed by atoms with Crippen molar-refractivity contribution in [2.24, 2.45) is 0 Å². The third-order valence-corrected chi connectivity index (χ3v) is 7.31. The third kappa shape index (κ3) is 5.56. The lowest BCUT2D eigenvalue weighted by molar-refractivity contribution is -0.117. The Morgan fingerprint density at radius 2 is 1.92 bits per heavy atom. The van der Waals surface area contributed by atoms with Gasteiger partial charge >= 0.3 is 0 Å². The average molecular weight is 517 g/mol. The number of nitrogens with one attached hydrogen (secondary N) is 1. The van der Waals surface area contributed by atoms with Crippen LogP contribution in [-0.2, 0) is 29.2 Å². The quantitative estimate of drug-likeness (QED) is 0.570. The van der Waals surface area contributed by atoms with Crippen LogP contribution in [0.1, 0.15) is 40.9 Å². The SMILES string of the molecule is O=C1N[C@H]2CN(Cc3ccc(N4CCCC4=O)cc3)C[C@@H]2OCc2cn(nn2)CCCOc2cccc1c2. The van der Waals surface area contributed by atoms with Gasteiger partial charge in [-0.15, -0.1) is 5.10 Å². The zero-order chi connectivity index (χ0) is 25.9. The van der Waals surface area contributed by atoms with E-state index in [1.807, 2.05) is 40.0 Å². The first-order valence-electron chi connectivity index (χ1n) is 13.3.